The Morgan fingerprint density at radius 2 is 2.05 bits per heavy atom. The van der Waals surface area contributed by atoms with Crippen LogP contribution < -0.4 is 5.32 Å². The van der Waals surface area contributed by atoms with Crippen LogP contribution in [0.2, 0.25) is 0 Å². The Labute approximate surface area is 124 Å². The fourth-order valence-electron chi connectivity index (χ4n) is 1.80. The summed E-state index contributed by atoms with van der Waals surface area (Å²) in [6, 6.07) is 10.5. The van der Waals surface area contributed by atoms with E-state index in [9.17, 15) is 0 Å². The van der Waals surface area contributed by atoms with Gasteiger partial charge in [-0.25, -0.2) is 0 Å². The fourth-order valence-corrected chi connectivity index (χ4v) is 2.50. The van der Waals surface area contributed by atoms with Crippen LogP contribution in [0.15, 0.2) is 30.3 Å². The van der Waals surface area contributed by atoms with E-state index in [1.54, 1.807) is 11.3 Å². The van der Waals surface area contributed by atoms with Crippen LogP contribution >= 0.6 is 11.3 Å². The molecule has 0 spiro atoms. The van der Waals surface area contributed by atoms with Crippen molar-refractivity contribution in [3.63, 3.8) is 0 Å². The van der Waals surface area contributed by atoms with E-state index in [-0.39, 0.29) is 0 Å². The first-order valence-electron chi connectivity index (χ1n) is 7.06. The lowest BCUT2D eigenvalue weighted by atomic mass is 10.1. The number of nitrogens with one attached hydrogen (secondary N) is 1. The Morgan fingerprint density at radius 3 is 2.85 bits per heavy atom. The van der Waals surface area contributed by atoms with Crippen molar-refractivity contribution < 1.29 is 4.74 Å². The molecule has 108 valence electrons. The van der Waals surface area contributed by atoms with E-state index >= 15 is 0 Å². The molecule has 4 nitrogen and oxygen atoms in total. The topological polar surface area (TPSA) is 47.0 Å². The number of benzene rings is 1. The molecule has 0 aliphatic carbocycles. The summed E-state index contributed by atoms with van der Waals surface area (Å²) in [7, 11) is 0. The van der Waals surface area contributed by atoms with Gasteiger partial charge in [-0.15, -0.1) is 10.2 Å². The minimum Gasteiger partial charge on any atom is -0.374 e. The molecule has 0 atom stereocenters. The van der Waals surface area contributed by atoms with Crippen LogP contribution in [0.1, 0.15) is 30.3 Å². The van der Waals surface area contributed by atoms with Crippen LogP contribution in [-0.4, -0.2) is 23.3 Å². The summed E-state index contributed by atoms with van der Waals surface area (Å²) < 4.78 is 5.64. The van der Waals surface area contributed by atoms with Crippen molar-refractivity contribution in [1.82, 2.24) is 10.2 Å². The number of aromatic nitrogens is 2. The van der Waals surface area contributed by atoms with Gasteiger partial charge in [0, 0.05) is 13.2 Å². The Balaban J connectivity index is 1.60. The first-order valence-corrected chi connectivity index (χ1v) is 7.88. The van der Waals surface area contributed by atoms with Crippen LogP contribution in [0.4, 0.5) is 5.13 Å². The Hall–Kier alpha value is -1.46. The molecule has 1 aromatic carbocycles. The van der Waals surface area contributed by atoms with E-state index in [2.05, 4.69) is 46.7 Å². The molecular weight excluding hydrogens is 270 g/mol. The highest BCUT2D eigenvalue weighted by Crippen LogP contribution is 2.15. The fraction of sp³-hybridized carbons (Fsp3) is 0.467. The lowest BCUT2D eigenvalue weighted by molar-refractivity contribution is 0.118. The average molecular weight is 291 g/mol. The normalized spacial score (nSPS) is 10.7. The second kappa shape index (κ2) is 8.66. The van der Waals surface area contributed by atoms with E-state index < -0.39 is 0 Å². The Bertz CT molecular complexity index is 487. The lowest BCUT2D eigenvalue weighted by Crippen LogP contribution is -1.98. The van der Waals surface area contributed by atoms with Gasteiger partial charge in [0.15, 0.2) is 0 Å². The number of nitrogens with zero attached hydrogens (tertiary/aromatic N) is 2. The van der Waals surface area contributed by atoms with E-state index in [1.807, 2.05) is 6.07 Å². The van der Waals surface area contributed by atoms with Crippen LogP contribution in [-0.2, 0) is 17.8 Å². The standard InChI is InChI=1S/C15H21N3OS/c1-2-10-16-15-18-17-14(20-15)12-19-11-6-9-13-7-4-3-5-8-13/h3-5,7-8H,2,6,9-12H2,1H3,(H,16,18). The molecule has 0 bridgehead atoms. The molecule has 1 heterocycles. The molecule has 0 fully saturated rings. The molecule has 0 amide bonds. The first-order chi connectivity index (χ1) is 9.88. The van der Waals surface area contributed by atoms with Gasteiger partial charge in [0.1, 0.15) is 11.6 Å². The summed E-state index contributed by atoms with van der Waals surface area (Å²) >= 11 is 1.57. The summed E-state index contributed by atoms with van der Waals surface area (Å²) in [5.74, 6) is 0. The second-order valence-electron chi connectivity index (χ2n) is 4.57. The van der Waals surface area contributed by atoms with Gasteiger partial charge in [-0.3, -0.25) is 0 Å². The largest absolute Gasteiger partial charge is 0.374 e. The predicted molar refractivity (Wildman–Crippen MR) is 83.1 cm³/mol. The number of rotatable bonds is 9. The van der Waals surface area contributed by atoms with Gasteiger partial charge in [0.05, 0.1) is 0 Å². The van der Waals surface area contributed by atoms with Crippen molar-refractivity contribution in [3.8, 4) is 0 Å². The van der Waals surface area contributed by atoms with Crippen molar-refractivity contribution in [2.75, 3.05) is 18.5 Å². The highest BCUT2D eigenvalue weighted by Gasteiger charge is 2.03. The Kier molecular flexibility index (Phi) is 6.47. The number of hydrogen-bond donors (Lipinski definition) is 1. The maximum Gasteiger partial charge on any atom is 0.205 e. The van der Waals surface area contributed by atoms with Crippen LogP contribution in [0.5, 0.6) is 0 Å². The first kappa shape index (κ1) is 14.9. The number of anilines is 1. The molecule has 2 aromatic rings. The van der Waals surface area contributed by atoms with E-state index in [1.165, 1.54) is 5.56 Å². The Morgan fingerprint density at radius 1 is 1.20 bits per heavy atom. The van der Waals surface area contributed by atoms with Gasteiger partial charge in [-0.05, 0) is 24.8 Å². The van der Waals surface area contributed by atoms with Gasteiger partial charge in [-0.2, -0.15) is 0 Å². The molecule has 0 radical (unpaired) electrons. The zero-order chi connectivity index (χ0) is 14.0. The molecule has 5 heteroatoms. The minimum absolute atomic E-state index is 0.556. The summed E-state index contributed by atoms with van der Waals surface area (Å²) in [4.78, 5) is 0. The van der Waals surface area contributed by atoms with Gasteiger partial charge in [0.25, 0.3) is 0 Å². The highest BCUT2D eigenvalue weighted by molar-refractivity contribution is 7.15. The van der Waals surface area contributed by atoms with E-state index in [4.69, 9.17) is 4.74 Å². The second-order valence-corrected chi connectivity index (χ2v) is 5.63. The average Bonchev–Trinajstić information content (AvgIpc) is 2.94. The molecule has 20 heavy (non-hydrogen) atoms. The molecule has 0 saturated carbocycles. The molecule has 1 aromatic heterocycles. The number of aryl methyl sites for hydroxylation is 1. The smallest absolute Gasteiger partial charge is 0.205 e. The lowest BCUT2D eigenvalue weighted by Gasteiger charge is -2.02. The van der Waals surface area contributed by atoms with E-state index in [0.717, 1.165) is 42.6 Å². The molecule has 0 aliphatic heterocycles. The van der Waals surface area contributed by atoms with Crippen molar-refractivity contribution in [2.24, 2.45) is 0 Å². The zero-order valence-electron chi connectivity index (χ0n) is 11.8. The third kappa shape index (κ3) is 5.27. The van der Waals surface area contributed by atoms with Crippen molar-refractivity contribution in [3.05, 3.63) is 40.9 Å². The predicted octanol–water partition coefficient (Wildman–Crippen LogP) is 3.51. The summed E-state index contributed by atoms with van der Waals surface area (Å²) in [5.41, 5.74) is 1.36. The van der Waals surface area contributed by atoms with Crippen molar-refractivity contribution in [1.29, 1.82) is 0 Å². The zero-order valence-corrected chi connectivity index (χ0v) is 12.7. The van der Waals surface area contributed by atoms with Crippen molar-refractivity contribution in [2.45, 2.75) is 32.8 Å². The number of ether oxygens (including phenoxy) is 1. The van der Waals surface area contributed by atoms with Gasteiger partial charge in [0.2, 0.25) is 5.13 Å². The van der Waals surface area contributed by atoms with Gasteiger partial charge >= 0.3 is 0 Å². The monoisotopic (exact) mass is 291 g/mol. The number of hydrogen-bond acceptors (Lipinski definition) is 5. The van der Waals surface area contributed by atoms with Crippen LogP contribution in [0.3, 0.4) is 0 Å². The van der Waals surface area contributed by atoms with E-state index in [0.29, 0.717) is 6.61 Å². The van der Waals surface area contributed by atoms with Crippen LogP contribution in [0, 0.1) is 0 Å². The molecule has 2 rings (SSSR count). The maximum absolute atomic E-state index is 5.64. The molecule has 1 N–H and O–H groups in total. The quantitative estimate of drug-likeness (QED) is 0.718. The third-order valence-corrected chi connectivity index (χ3v) is 3.67. The molecule has 0 unspecified atom stereocenters. The maximum atomic E-state index is 5.64. The minimum atomic E-state index is 0.556. The molecular formula is C15H21N3OS. The van der Waals surface area contributed by atoms with Gasteiger partial charge < -0.3 is 10.1 Å². The summed E-state index contributed by atoms with van der Waals surface area (Å²) in [5, 5.41) is 13.2. The molecule has 0 aliphatic rings. The van der Waals surface area contributed by atoms with Crippen LogP contribution in [0.25, 0.3) is 0 Å². The molecule has 0 saturated heterocycles. The highest BCUT2D eigenvalue weighted by atomic mass is 32.1. The third-order valence-electron chi connectivity index (χ3n) is 2.82. The van der Waals surface area contributed by atoms with Crippen molar-refractivity contribution >= 4 is 16.5 Å². The summed E-state index contributed by atoms with van der Waals surface area (Å²) in [6.45, 7) is 4.38. The van der Waals surface area contributed by atoms with Gasteiger partial charge in [-0.1, -0.05) is 48.6 Å². The SMILES string of the molecule is CCCNc1nnc(COCCCc2ccccc2)s1. The summed E-state index contributed by atoms with van der Waals surface area (Å²) in [6.07, 6.45) is 3.18.